The number of esters is 6. The van der Waals surface area contributed by atoms with Gasteiger partial charge in [-0.1, -0.05) is 0 Å². The first-order chi connectivity index (χ1) is 32.9. The van der Waals surface area contributed by atoms with E-state index in [2.05, 4.69) is 9.47 Å². The molecule has 0 aliphatic rings. The van der Waals surface area contributed by atoms with Crippen LogP contribution in [0.25, 0.3) is 0 Å². The van der Waals surface area contributed by atoms with Gasteiger partial charge in [-0.25, -0.2) is 28.8 Å². The highest BCUT2D eigenvalue weighted by Crippen LogP contribution is 2.19. The average Bonchev–Trinajstić information content (AvgIpc) is 3.31. The molecule has 0 amide bonds. The fraction of sp³-hybridized carbons (Fsp3) is 0.286. The number of carboxylic acids is 4. The van der Waals surface area contributed by atoms with Gasteiger partial charge in [0, 0.05) is 17.1 Å². The topological polar surface area (TPSA) is 369 Å². The maximum Gasteiger partial charge on any atom is 0.344 e. The second-order valence-corrected chi connectivity index (χ2v) is 13.5. The largest absolute Gasteiger partial charge is 0.480 e. The molecule has 0 saturated heterocycles. The molecule has 1 unspecified atom stereocenters. The van der Waals surface area contributed by atoms with E-state index in [1.807, 2.05) is 0 Å². The summed E-state index contributed by atoms with van der Waals surface area (Å²) in [7, 11) is 0. The van der Waals surface area contributed by atoms with Gasteiger partial charge in [0.25, 0.3) is 12.9 Å². The molecule has 69 heavy (non-hydrogen) atoms. The van der Waals surface area contributed by atoms with Crippen LogP contribution in [0.2, 0.25) is 0 Å². The van der Waals surface area contributed by atoms with Gasteiger partial charge in [0.05, 0.1) is 16.7 Å². The first-order valence-corrected chi connectivity index (χ1v) is 19.4. The minimum Gasteiger partial charge on any atom is -0.480 e. The van der Waals surface area contributed by atoms with E-state index < -0.39 is 125 Å². The lowest BCUT2D eigenvalue weighted by Gasteiger charge is -2.22. The average molecular weight is 972 g/mol. The predicted octanol–water partition coefficient (Wildman–Crippen LogP) is -0.426. The molecule has 368 valence electrons. The van der Waals surface area contributed by atoms with Crippen molar-refractivity contribution in [1.29, 1.82) is 0 Å². The van der Waals surface area contributed by atoms with Gasteiger partial charge in [-0.2, -0.15) is 0 Å². The summed E-state index contributed by atoms with van der Waals surface area (Å²) in [5, 5.41) is 36.4. The Morgan fingerprint density at radius 3 is 1.00 bits per heavy atom. The van der Waals surface area contributed by atoms with Crippen molar-refractivity contribution in [2.24, 2.45) is 0 Å². The Labute approximate surface area is 388 Å². The monoisotopic (exact) mass is 971 g/mol. The number of nitrogens with zero attached hydrogens (tertiary/aromatic N) is 3. The summed E-state index contributed by atoms with van der Waals surface area (Å²) >= 11 is 0. The molecule has 3 aromatic rings. The number of ether oxygens (including phenoxy) is 8. The van der Waals surface area contributed by atoms with Crippen LogP contribution >= 0.6 is 0 Å². The Balaban J connectivity index is 1.63. The van der Waals surface area contributed by atoms with E-state index in [1.54, 1.807) is 0 Å². The van der Waals surface area contributed by atoms with Crippen LogP contribution in [0.4, 0.5) is 17.1 Å². The molecular formula is C42H41N3O24. The quantitative estimate of drug-likeness (QED) is 0.0275. The molecule has 0 heterocycles. The number of hydrogen-bond acceptors (Lipinski definition) is 23. The molecule has 0 aliphatic carbocycles. The number of aliphatic carboxylic acids is 4. The van der Waals surface area contributed by atoms with Gasteiger partial charge in [-0.05, 0) is 72.8 Å². The summed E-state index contributed by atoms with van der Waals surface area (Å²) in [6.45, 7) is -7.73. The lowest BCUT2D eigenvalue weighted by Crippen LogP contribution is -2.34. The number of carbonyl (C=O) groups excluding carboxylic acids is 8. The number of rotatable bonds is 31. The van der Waals surface area contributed by atoms with E-state index in [9.17, 15) is 57.5 Å². The SMILES string of the molecule is O=COCN(COC=O)c1ccc(C(=O)OCC(=O)OCC(COC(=O)COC(=O)c2ccc(N(CC(=O)O)CC(=O)O)cc2)OC(=O)COC(=O)c2ccc(N(CC(=O)O)CC(=O)O)cc2)cc1. The molecule has 27 nitrogen and oxygen atoms in total. The second kappa shape index (κ2) is 27.9. The zero-order chi connectivity index (χ0) is 50.9. The molecule has 4 N–H and O–H groups in total. The van der Waals surface area contributed by atoms with Crippen LogP contribution in [0.1, 0.15) is 31.1 Å². The van der Waals surface area contributed by atoms with Crippen LogP contribution in [0.5, 0.6) is 0 Å². The highest BCUT2D eigenvalue weighted by Gasteiger charge is 2.24. The summed E-state index contributed by atoms with van der Waals surface area (Å²) in [5.41, 5.74) is 0.282. The van der Waals surface area contributed by atoms with E-state index in [1.165, 1.54) is 65.6 Å². The highest BCUT2D eigenvalue weighted by atomic mass is 16.6. The van der Waals surface area contributed by atoms with Gasteiger partial charge >= 0.3 is 59.7 Å². The highest BCUT2D eigenvalue weighted by molar-refractivity contribution is 5.93. The molecule has 1 atom stereocenters. The third-order valence-electron chi connectivity index (χ3n) is 8.43. The first-order valence-electron chi connectivity index (χ1n) is 19.4. The molecule has 3 rings (SSSR count). The van der Waals surface area contributed by atoms with E-state index in [4.69, 9.17) is 48.8 Å². The molecule has 0 aliphatic heterocycles. The zero-order valence-electron chi connectivity index (χ0n) is 35.7. The molecule has 0 radical (unpaired) electrons. The lowest BCUT2D eigenvalue weighted by molar-refractivity contribution is -0.170. The Kier molecular flexibility index (Phi) is 21.8. The molecule has 0 aromatic heterocycles. The van der Waals surface area contributed by atoms with Crippen molar-refractivity contribution in [3.63, 3.8) is 0 Å². The molecular weight excluding hydrogens is 930 g/mol. The van der Waals surface area contributed by atoms with Crippen LogP contribution in [-0.2, 0) is 81.0 Å². The molecule has 27 heteroatoms. The van der Waals surface area contributed by atoms with Crippen molar-refractivity contribution in [2.45, 2.75) is 6.10 Å². The van der Waals surface area contributed by atoms with E-state index >= 15 is 0 Å². The van der Waals surface area contributed by atoms with Gasteiger partial charge in [-0.15, -0.1) is 0 Å². The maximum absolute atomic E-state index is 12.8. The Morgan fingerprint density at radius 1 is 0.420 bits per heavy atom. The van der Waals surface area contributed by atoms with Gasteiger partial charge in [-0.3, -0.25) is 28.8 Å². The summed E-state index contributed by atoms with van der Waals surface area (Å²) < 4.78 is 39.4. The maximum atomic E-state index is 12.8. The number of hydrogen-bond donors (Lipinski definition) is 4. The number of carboxylic acid groups (broad SMARTS) is 4. The fourth-order valence-corrected chi connectivity index (χ4v) is 5.40. The van der Waals surface area contributed by atoms with Crippen LogP contribution in [0, 0.1) is 0 Å². The summed E-state index contributed by atoms with van der Waals surface area (Å²) in [5.74, 6) is -12.1. The molecule has 0 fully saturated rings. The minimum absolute atomic E-state index is 0.0579. The van der Waals surface area contributed by atoms with E-state index in [-0.39, 0.29) is 54.5 Å². The lowest BCUT2D eigenvalue weighted by atomic mass is 10.2. The van der Waals surface area contributed by atoms with Crippen LogP contribution in [-0.4, -0.2) is 172 Å². The Bertz CT molecular complexity index is 2270. The van der Waals surface area contributed by atoms with Crippen molar-refractivity contribution in [2.75, 3.05) is 87.4 Å². The fourth-order valence-electron chi connectivity index (χ4n) is 5.40. The first kappa shape index (κ1) is 54.0. The predicted molar refractivity (Wildman–Crippen MR) is 223 cm³/mol. The molecule has 0 saturated carbocycles. The summed E-state index contributed by atoms with van der Waals surface area (Å²) in [6, 6.07) is 15.0. The molecule has 3 aromatic carbocycles. The van der Waals surface area contributed by atoms with Crippen LogP contribution in [0.3, 0.4) is 0 Å². The van der Waals surface area contributed by atoms with Gasteiger partial charge in [0.1, 0.15) is 39.4 Å². The van der Waals surface area contributed by atoms with Crippen molar-refractivity contribution >= 4 is 89.7 Å². The van der Waals surface area contributed by atoms with Gasteiger partial charge < -0.3 is 73.0 Å². The smallest absolute Gasteiger partial charge is 0.344 e. The van der Waals surface area contributed by atoms with E-state index in [0.29, 0.717) is 5.69 Å². The third kappa shape index (κ3) is 19.8. The van der Waals surface area contributed by atoms with Gasteiger partial charge in [0.2, 0.25) is 0 Å². The standard InChI is InChI=1S/C42H41N3O24/c46-24-62-22-45(23-63-25-47)31-11-5-28(6-12-31)41(60)67-20-38(57)65-18-32(69-39(58)21-68-42(61)27-3-9-30(10-4-27)44(15-35(52)53)16-36(54)55)17-64-37(56)19-66-40(59)26-1-7-29(8-2-26)43(13-33(48)49)14-34(50)51/h1-12,24-25,32H,13-23H2,(H,48,49)(H,50,51)(H,52,53)(H,54,55). The van der Waals surface area contributed by atoms with Crippen molar-refractivity contribution < 1.29 is 116 Å². The van der Waals surface area contributed by atoms with Crippen molar-refractivity contribution in [1.82, 2.24) is 0 Å². The number of carbonyl (C=O) groups is 12. The minimum atomic E-state index is -1.63. The number of benzene rings is 3. The molecule has 0 spiro atoms. The Hall–Kier alpha value is -9.30. The normalized spacial score (nSPS) is 10.7. The molecule has 0 bridgehead atoms. The van der Waals surface area contributed by atoms with Crippen molar-refractivity contribution in [3.05, 3.63) is 89.5 Å². The van der Waals surface area contributed by atoms with Crippen molar-refractivity contribution in [3.8, 4) is 0 Å². The summed E-state index contributed by atoms with van der Waals surface area (Å²) in [4.78, 5) is 145. The summed E-state index contributed by atoms with van der Waals surface area (Å²) in [6.07, 6.45) is -1.63. The van der Waals surface area contributed by atoms with Crippen LogP contribution in [0.15, 0.2) is 72.8 Å². The third-order valence-corrected chi connectivity index (χ3v) is 8.43. The number of anilines is 3. The second-order valence-electron chi connectivity index (χ2n) is 13.5. The van der Waals surface area contributed by atoms with E-state index in [0.717, 1.165) is 21.9 Å². The zero-order valence-corrected chi connectivity index (χ0v) is 35.7. The van der Waals surface area contributed by atoms with Gasteiger partial charge in [0.15, 0.2) is 39.4 Å². The van der Waals surface area contributed by atoms with Crippen LogP contribution < -0.4 is 14.7 Å². The Morgan fingerprint density at radius 2 is 0.710 bits per heavy atom.